The van der Waals surface area contributed by atoms with Gasteiger partial charge in [0.15, 0.2) is 0 Å². The minimum atomic E-state index is -0.299. The maximum absolute atomic E-state index is 13.1. The summed E-state index contributed by atoms with van der Waals surface area (Å²) in [5.74, 6) is 1.47. The van der Waals surface area contributed by atoms with Crippen LogP contribution in [0.3, 0.4) is 0 Å². The Labute approximate surface area is 179 Å². The van der Waals surface area contributed by atoms with Gasteiger partial charge in [-0.3, -0.25) is 4.79 Å². The smallest absolute Gasteiger partial charge is 0.257 e. The van der Waals surface area contributed by atoms with Gasteiger partial charge in [0.25, 0.3) is 5.91 Å². The Balaban J connectivity index is 1.70. The van der Waals surface area contributed by atoms with Crippen molar-refractivity contribution in [3.05, 3.63) is 53.2 Å². The number of fused-ring (bicyclic) bond motifs is 1. The van der Waals surface area contributed by atoms with Crippen LogP contribution in [0.25, 0.3) is 10.8 Å². The standard InChI is InChI=1S/C22H22ClN3O4/c1-28-19-12-20(29-2)18(11-17(19)23)25-22(27)16-13-24-21(26-7-9-30-10-8-26)15-6-4-3-5-14(15)16/h3-6,11-13H,7-10H2,1-2H3,(H,25,27). The van der Waals surface area contributed by atoms with Gasteiger partial charge in [-0.25, -0.2) is 4.98 Å². The number of hydrogen-bond acceptors (Lipinski definition) is 6. The lowest BCUT2D eigenvalue weighted by molar-refractivity contribution is 0.102. The van der Waals surface area contributed by atoms with Crippen molar-refractivity contribution in [2.45, 2.75) is 0 Å². The highest BCUT2D eigenvalue weighted by Crippen LogP contribution is 2.36. The Bertz CT molecular complexity index is 1080. The van der Waals surface area contributed by atoms with E-state index in [1.807, 2.05) is 24.3 Å². The number of benzene rings is 2. The molecule has 1 N–H and O–H groups in total. The Morgan fingerprint density at radius 1 is 1.10 bits per heavy atom. The largest absolute Gasteiger partial charge is 0.495 e. The van der Waals surface area contributed by atoms with Gasteiger partial charge in [0, 0.05) is 30.7 Å². The quantitative estimate of drug-likeness (QED) is 0.663. The van der Waals surface area contributed by atoms with E-state index in [4.69, 9.17) is 25.8 Å². The third-order valence-electron chi connectivity index (χ3n) is 5.05. The fourth-order valence-corrected chi connectivity index (χ4v) is 3.77. The lowest BCUT2D eigenvalue weighted by Crippen LogP contribution is -2.37. The molecule has 156 valence electrons. The molecule has 8 heteroatoms. The van der Waals surface area contributed by atoms with Crippen molar-refractivity contribution in [1.29, 1.82) is 0 Å². The van der Waals surface area contributed by atoms with Crippen LogP contribution in [0, 0.1) is 0 Å². The number of pyridine rings is 1. The molecule has 1 aliphatic heterocycles. The third-order valence-corrected chi connectivity index (χ3v) is 5.35. The van der Waals surface area contributed by atoms with Crippen LogP contribution in [-0.4, -0.2) is 51.4 Å². The predicted molar refractivity (Wildman–Crippen MR) is 117 cm³/mol. The lowest BCUT2D eigenvalue weighted by atomic mass is 10.1. The summed E-state index contributed by atoms with van der Waals surface area (Å²) in [6.45, 7) is 2.86. The zero-order valence-corrected chi connectivity index (χ0v) is 17.5. The van der Waals surface area contributed by atoms with Crippen molar-refractivity contribution in [3.63, 3.8) is 0 Å². The minimum absolute atomic E-state index is 0.299. The molecule has 7 nitrogen and oxygen atoms in total. The summed E-state index contributed by atoms with van der Waals surface area (Å²) in [5, 5.41) is 5.00. The van der Waals surface area contributed by atoms with Crippen molar-refractivity contribution in [2.24, 2.45) is 0 Å². The van der Waals surface area contributed by atoms with Crippen LogP contribution in [0.1, 0.15) is 10.4 Å². The second kappa shape index (κ2) is 8.77. The molecule has 0 bridgehead atoms. The van der Waals surface area contributed by atoms with Crippen LogP contribution in [0.15, 0.2) is 42.6 Å². The molecule has 0 atom stereocenters. The molecule has 2 aromatic carbocycles. The maximum Gasteiger partial charge on any atom is 0.257 e. The molecule has 1 fully saturated rings. The van der Waals surface area contributed by atoms with E-state index < -0.39 is 0 Å². The van der Waals surface area contributed by atoms with Gasteiger partial charge in [0.2, 0.25) is 0 Å². The monoisotopic (exact) mass is 427 g/mol. The summed E-state index contributed by atoms with van der Waals surface area (Å²) >= 11 is 6.23. The SMILES string of the molecule is COc1cc(OC)c(NC(=O)c2cnc(N3CCOCC3)c3ccccc23)cc1Cl. The van der Waals surface area contributed by atoms with Gasteiger partial charge in [-0.15, -0.1) is 0 Å². The predicted octanol–water partition coefficient (Wildman–Crippen LogP) is 3.99. The van der Waals surface area contributed by atoms with E-state index in [0.717, 1.165) is 29.7 Å². The molecule has 1 amide bonds. The van der Waals surface area contributed by atoms with Crippen molar-refractivity contribution in [1.82, 2.24) is 4.98 Å². The first-order valence-electron chi connectivity index (χ1n) is 9.55. The Morgan fingerprint density at radius 2 is 1.80 bits per heavy atom. The van der Waals surface area contributed by atoms with Gasteiger partial charge >= 0.3 is 0 Å². The molecule has 4 rings (SSSR count). The maximum atomic E-state index is 13.1. The van der Waals surface area contributed by atoms with E-state index in [-0.39, 0.29) is 5.91 Å². The van der Waals surface area contributed by atoms with Crippen LogP contribution < -0.4 is 19.7 Å². The average Bonchev–Trinajstić information content (AvgIpc) is 2.79. The highest BCUT2D eigenvalue weighted by atomic mass is 35.5. The van der Waals surface area contributed by atoms with Crippen LogP contribution >= 0.6 is 11.6 Å². The summed E-state index contributed by atoms with van der Waals surface area (Å²) in [6.07, 6.45) is 1.61. The van der Waals surface area contributed by atoms with E-state index in [1.54, 1.807) is 18.3 Å². The molecular weight excluding hydrogens is 406 g/mol. The Kier molecular flexibility index (Phi) is 5.92. The van der Waals surface area contributed by atoms with Crippen molar-refractivity contribution < 1.29 is 19.0 Å². The first-order valence-corrected chi connectivity index (χ1v) is 9.93. The Morgan fingerprint density at radius 3 is 2.50 bits per heavy atom. The zero-order valence-electron chi connectivity index (χ0n) is 16.8. The Hall–Kier alpha value is -3.03. The van der Waals surface area contributed by atoms with E-state index in [0.29, 0.717) is 41.0 Å². The van der Waals surface area contributed by atoms with Crippen molar-refractivity contribution in [3.8, 4) is 11.5 Å². The topological polar surface area (TPSA) is 72.9 Å². The molecule has 0 saturated carbocycles. The van der Waals surface area contributed by atoms with Gasteiger partial charge in [-0.1, -0.05) is 35.9 Å². The minimum Gasteiger partial charge on any atom is -0.495 e. The third kappa shape index (κ3) is 3.86. The number of nitrogens with zero attached hydrogens (tertiary/aromatic N) is 2. The summed E-state index contributed by atoms with van der Waals surface area (Å²) in [6, 6.07) is 11.0. The molecule has 0 radical (unpaired) electrons. The number of ether oxygens (including phenoxy) is 3. The summed E-state index contributed by atoms with van der Waals surface area (Å²) < 4.78 is 16.0. The summed E-state index contributed by atoms with van der Waals surface area (Å²) in [7, 11) is 3.04. The average molecular weight is 428 g/mol. The first kappa shape index (κ1) is 20.3. The molecule has 1 aliphatic rings. The zero-order chi connectivity index (χ0) is 21.1. The highest BCUT2D eigenvalue weighted by Gasteiger charge is 2.20. The molecule has 0 spiro atoms. The number of morpholine rings is 1. The van der Waals surface area contributed by atoms with E-state index in [9.17, 15) is 4.79 Å². The number of amides is 1. The van der Waals surface area contributed by atoms with E-state index >= 15 is 0 Å². The van der Waals surface area contributed by atoms with Crippen LogP contribution in [0.4, 0.5) is 11.5 Å². The van der Waals surface area contributed by atoms with Gasteiger partial charge < -0.3 is 24.4 Å². The summed E-state index contributed by atoms with van der Waals surface area (Å²) in [5.41, 5.74) is 0.922. The number of carbonyl (C=O) groups is 1. The number of halogens is 1. The number of aromatic nitrogens is 1. The van der Waals surface area contributed by atoms with Gasteiger partial charge in [0.1, 0.15) is 17.3 Å². The number of methoxy groups -OCH3 is 2. The number of rotatable bonds is 5. The number of nitrogens with one attached hydrogen (secondary N) is 1. The number of anilines is 2. The summed E-state index contributed by atoms with van der Waals surface area (Å²) in [4.78, 5) is 19.9. The molecule has 0 unspecified atom stereocenters. The van der Waals surface area contributed by atoms with Gasteiger partial charge in [-0.2, -0.15) is 0 Å². The van der Waals surface area contributed by atoms with Crippen molar-refractivity contribution >= 4 is 39.8 Å². The fourth-order valence-electron chi connectivity index (χ4n) is 3.53. The van der Waals surface area contributed by atoms with Gasteiger partial charge in [-0.05, 0) is 11.5 Å². The lowest BCUT2D eigenvalue weighted by Gasteiger charge is -2.29. The van der Waals surface area contributed by atoms with Crippen LogP contribution in [-0.2, 0) is 4.74 Å². The molecule has 0 aliphatic carbocycles. The van der Waals surface area contributed by atoms with Crippen LogP contribution in [0.2, 0.25) is 5.02 Å². The molecule has 1 saturated heterocycles. The second-order valence-corrected chi connectivity index (χ2v) is 7.19. The van der Waals surface area contributed by atoms with E-state index in [2.05, 4.69) is 15.2 Å². The first-order chi connectivity index (χ1) is 14.6. The number of hydrogen-bond donors (Lipinski definition) is 1. The van der Waals surface area contributed by atoms with Gasteiger partial charge in [0.05, 0.1) is 43.7 Å². The molecule has 1 aromatic heterocycles. The molecular formula is C22H22ClN3O4. The molecule has 3 aromatic rings. The highest BCUT2D eigenvalue weighted by molar-refractivity contribution is 6.32. The molecule has 30 heavy (non-hydrogen) atoms. The second-order valence-electron chi connectivity index (χ2n) is 6.78. The fraction of sp³-hybridized carbons (Fsp3) is 0.273. The number of carbonyl (C=O) groups excluding carboxylic acids is 1. The van der Waals surface area contributed by atoms with Crippen molar-refractivity contribution in [2.75, 3.05) is 50.7 Å². The van der Waals surface area contributed by atoms with Crippen LogP contribution in [0.5, 0.6) is 11.5 Å². The normalized spacial score (nSPS) is 13.9. The van der Waals surface area contributed by atoms with E-state index in [1.165, 1.54) is 14.2 Å². The molecule has 2 heterocycles.